The monoisotopic (exact) mass is 236 g/mol. The lowest BCUT2D eigenvalue weighted by molar-refractivity contribution is 0.457. The quantitative estimate of drug-likeness (QED) is 0.868. The lowest BCUT2D eigenvalue weighted by Crippen LogP contribution is -2.35. The largest absolute Gasteiger partial charge is 0.313 e. The van der Waals surface area contributed by atoms with E-state index in [1.807, 2.05) is 12.4 Å². The van der Waals surface area contributed by atoms with Gasteiger partial charge in [0.05, 0.1) is 0 Å². The van der Waals surface area contributed by atoms with Crippen LogP contribution in [0.3, 0.4) is 0 Å². The fourth-order valence-corrected chi connectivity index (χ4v) is 3.54. The van der Waals surface area contributed by atoms with Crippen LogP contribution < -0.4 is 5.32 Å². The minimum absolute atomic E-state index is 0.715. The van der Waals surface area contributed by atoms with Crippen molar-refractivity contribution in [3.05, 3.63) is 29.6 Å². The van der Waals surface area contributed by atoms with Gasteiger partial charge in [0.1, 0.15) is 0 Å². The van der Waals surface area contributed by atoms with Gasteiger partial charge in [0, 0.05) is 24.2 Å². The number of thioether (sulfide) groups is 1. The zero-order valence-electron chi connectivity index (χ0n) is 10.1. The standard InChI is InChI=1S/C13H20N2S/c1-10-7-14-5-3-12(10)4-6-15-13-9-16-8-11(13)2/h3,5,7,11,13,15H,4,6,8-9H2,1-2H3. The average Bonchev–Trinajstić information content (AvgIpc) is 2.67. The van der Waals surface area contributed by atoms with E-state index in [0.717, 1.165) is 18.9 Å². The van der Waals surface area contributed by atoms with Gasteiger partial charge in [-0.15, -0.1) is 0 Å². The molecule has 0 radical (unpaired) electrons. The van der Waals surface area contributed by atoms with Gasteiger partial charge >= 0.3 is 0 Å². The molecule has 0 amide bonds. The molecule has 1 fully saturated rings. The number of hydrogen-bond acceptors (Lipinski definition) is 3. The van der Waals surface area contributed by atoms with E-state index < -0.39 is 0 Å². The summed E-state index contributed by atoms with van der Waals surface area (Å²) >= 11 is 2.07. The highest BCUT2D eigenvalue weighted by Crippen LogP contribution is 2.23. The lowest BCUT2D eigenvalue weighted by Gasteiger charge is -2.16. The van der Waals surface area contributed by atoms with Crippen LogP contribution in [0.5, 0.6) is 0 Å². The molecule has 3 heteroatoms. The highest BCUT2D eigenvalue weighted by Gasteiger charge is 2.22. The summed E-state index contributed by atoms with van der Waals surface area (Å²) in [5.74, 6) is 3.41. The second-order valence-corrected chi connectivity index (χ2v) is 5.70. The van der Waals surface area contributed by atoms with Gasteiger partial charge in [-0.05, 0) is 48.8 Å². The van der Waals surface area contributed by atoms with Crippen LogP contribution in [0, 0.1) is 12.8 Å². The zero-order valence-corrected chi connectivity index (χ0v) is 10.9. The summed E-state index contributed by atoms with van der Waals surface area (Å²) in [7, 11) is 0. The summed E-state index contributed by atoms with van der Waals surface area (Å²) in [5.41, 5.74) is 2.72. The number of nitrogens with one attached hydrogen (secondary N) is 1. The molecule has 1 saturated heterocycles. The Labute approximate surface area is 102 Å². The first kappa shape index (κ1) is 11.9. The molecule has 2 rings (SSSR count). The van der Waals surface area contributed by atoms with E-state index in [2.05, 4.69) is 42.0 Å². The van der Waals surface area contributed by atoms with Crippen LogP contribution in [0.15, 0.2) is 18.5 Å². The third-order valence-electron chi connectivity index (χ3n) is 3.30. The highest BCUT2D eigenvalue weighted by molar-refractivity contribution is 7.99. The Kier molecular flexibility index (Phi) is 4.24. The Morgan fingerprint density at radius 1 is 1.50 bits per heavy atom. The molecule has 0 aliphatic carbocycles. The summed E-state index contributed by atoms with van der Waals surface area (Å²) in [6, 6.07) is 2.84. The molecule has 2 nitrogen and oxygen atoms in total. The van der Waals surface area contributed by atoms with Gasteiger partial charge in [0.25, 0.3) is 0 Å². The maximum atomic E-state index is 4.12. The van der Waals surface area contributed by atoms with Crippen molar-refractivity contribution in [3.63, 3.8) is 0 Å². The van der Waals surface area contributed by atoms with E-state index in [1.54, 1.807) is 0 Å². The maximum absolute atomic E-state index is 4.12. The van der Waals surface area contributed by atoms with Gasteiger partial charge in [0.2, 0.25) is 0 Å². The van der Waals surface area contributed by atoms with E-state index in [-0.39, 0.29) is 0 Å². The Bertz CT molecular complexity index is 340. The molecule has 2 atom stereocenters. The average molecular weight is 236 g/mol. The van der Waals surface area contributed by atoms with Crippen LogP contribution in [-0.2, 0) is 6.42 Å². The first-order valence-corrected chi connectivity index (χ1v) is 7.13. The van der Waals surface area contributed by atoms with E-state index in [1.165, 1.54) is 22.6 Å². The van der Waals surface area contributed by atoms with Gasteiger partial charge in [-0.25, -0.2) is 0 Å². The van der Waals surface area contributed by atoms with Crippen LogP contribution >= 0.6 is 11.8 Å². The molecule has 1 aliphatic heterocycles. The number of pyridine rings is 1. The topological polar surface area (TPSA) is 24.9 Å². The molecular formula is C13H20N2S. The Balaban J connectivity index is 1.78. The SMILES string of the molecule is Cc1cnccc1CCNC1CSCC1C. The van der Waals surface area contributed by atoms with Crippen molar-refractivity contribution in [2.75, 3.05) is 18.1 Å². The minimum atomic E-state index is 0.715. The van der Waals surface area contributed by atoms with Gasteiger partial charge in [-0.3, -0.25) is 4.98 Å². The molecule has 0 saturated carbocycles. The van der Waals surface area contributed by atoms with Gasteiger partial charge in [-0.1, -0.05) is 6.92 Å². The van der Waals surface area contributed by atoms with Crippen molar-refractivity contribution in [2.45, 2.75) is 26.3 Å². The number of rotatable bonds is 4. The van der Waals surface area contributed by atoms with E-state index in [0.29, 0.717) is 6.04 Å². The summed E-state index contributed by atoms with van der Waals surface area (Å²) < 4.78 is 0. The first-order chi connectivity index (χ1) is 7.77. The number of aryl methyl sites for hydroxylation is 1. The zero-order chi connectivity index (χ0) is 11.4. The summed E-state index contributed by atoms with van der Waals surface area (Å²) in [6.07, 6.45) is 4.95. The Hall–Kier alpha value is -0.540. The molecule has 0 bridgehead atoms. The molecule has 1 aromatic rings. The molecule has 2 unspecified atom stereocenters. The van der Waals surface area contributed by atoms with Crippen molar-refractivity contribution in [1.29, 1.82) is 0 Å². The maximum Gasteiger partial charge on any atom is 0.0299 e. The minimum Gasteiger partial charge on any atom is -0.313 e. The number of hydrogen-bond donors (Lipinski definition) is 1. The smallest absolute Gasteiger partial charge is 0.0299 e. The van der Waals surface area contributed by atoms with Crippen LogP contribution in [0.2, 0.25) is 0 Å². The van der Waals surface area contributed by atoms with Crippen molar-refractivity contribution < 1.29 is 0 Å². The number of aromatic nitrogens is 1. The summed E-state index contributed by atoms with van der Waals surface area (Å²) in [6.45, 7) is 5.56. The Morgan fingerprint density at radius 3 is 3.06 bits per heavy atom. The van der Waals surface area contributed by atoms with Crippen LogP contribution in [0.1, 0.15) is 18.1 Å². The molecule has 88 valence electrons. The molecule has 16 heavy (non-hydrogen) atoms. The summed E-state index contributed by atoms with van der Waals surface area (Å²) in [5, 5.41) is 3.67. The molecule has 0 aromatic carbocycles. The third-order valence-corrected chi connectivity index (χ3v) is 4.66. The lowest BCUT2D eigenvalue weighted by atomic mass is 10.1. The highest BCUT2D eigenvalue weighted by atomic mass is 32.2. The second-order valence-electron chi connectivity index (χ2n) is 4.63. The van der Waals surface area contributed by atoms with Crippen molar-refractivity contribution in [3.8, 4) is 0 Å². The van der Waals surface area contributed by atoms with E-state index >= 15 is 0 Å². The molecular weight excluding hydrogens is 216 g/mol. The van der Waals surface area contributed by atoms with Gasteiger partial charge < -0.3 is 5.32 Å². The molecule has 1 aromatic heterocycles. The first-order valence-electron chi connectivity index (χ1n) is 5.98. The number of nitrogens with zero attached hydrogens (tertiary/aromatic N) is 1. The van der Waals surface area contributed by atoms with Crippen molar-refractivity contribution in [2.24, 2.45) is 5.92 Å². The van der Waals surface area contributed by atoms with Crippen LogP contribution in [0.4, 0.5) is 0 Å². The fourth-order valence-electron chi connectivity index (χ4n) is 2.10. The van der Waals surface area contributed by atoms with Crippen molar-refractivity contribution >= 4 is 11.8 Å². The molecule has 1 N–H and O–H groups in total. The van der Waals surface area contributed by atoms with Gasteiger partial charge in [0.15, 0.2) is 0 Å². The predicted octanol–water partition coefficient (Wildman–Crippen LogP) is 2.27. The van der Waals surface area contributed by atoms with Crippen LogP contribution in [0.25, 0.3) is 0 Å². The van der Waals surface area contributed by atoms with E-state index in [9.17, 15) is 0 Å². The third kappa shape index (κ3) is 2.98. The van der Waals surface area contributed by atoms with Crippen molar-refractivity contribution in [1.82, 2.24) is 10.3 Å². The summed E-state index contributed by atoms with van der Waals surface area (Å²) in [4.78, 5) is 4.12. The fraction of sp³-hybridized carbons (Fsp3) is 0.615. The molecule has 2 heterocycles. The second kappa shape index (κ2) is 5.69. The van der Waals surface area contributed by atoms with Crippen LogP contribution in [-0.4, -0.2) is 29.1 Å². The molecule has 0 spiro atoms. The van der Waals surface area contributed by atoms with Gasteiger partial charge in [-0.2, -0.15) is 11.8 Å². The predicted molar refractivity (Wildman–Crippen MR) is 71.0 cm³/mol. The van der Waals surface area contributed by atoms with E-state index in [4.69, 9.17) is 0 Å². The molecule has 1 aliphatic rings. The Morgan fingerprint density at radius 2 is 2.38 bits per heavy atom. The normalized spacial score (nSPS) is 24.9.